The minimum atomic E-state index is -2.26. The summed E-state index contributed by atoms with van der Waals surface area (Å²) >= 11 is 0.773. The van der Waals surface area contributed by atoms with Crippen LogP contribution in [0.5, 0.6) is 0 Å². The molecular weight excluding hydrogens is 349 g/mol. The second-order valence-electron chi connectivity index (χ2n) is 2.38. The monoisotopic (exact) mass is 355 g/mol. The molecule has 0 N–H and O–H groups in total. The number of hydrogen-bond acceptors (Lipinski definition) is 5. The van der Waals surface area contributed by atoms with Crippen LogP contribution in [0.15, 0.2) is 35.0 Å². The van der Waals surface area contributed by atoms with E-state index in [9.17, 15) is 10.1 Å². The van der Waals surface area contributed by atoms with Gasteiger partial charge in [-0.2, -0.15) is 0 Å². The van der Waals surface area contributed by atoms with Crippen LogP contribution in [-0.2, 0) is 3.17 Å². The Morgan fingerprint density at radius 3 is 2.07 bits per heavy atom. The summed E-state index contributed by atoms with van der Waals surface area (Å²) in [5.74, 6) is 0. The molecule has 2 rings (SSSR count). The quantitative estimate of drug-likeness (QED) is 0.479. The topological polar surface area (TPSA) is 52.4 Å². The van der Waals surface area contributed by atoms with Crippen LogP contribution in [0, 0.1) is 15.9 Å². The average molecular weight is 355 g/mol. The third kappa shape index (κ3) is 2.67. The maximum absolute atomic E-state index is 10.4. The first-order valence-electron chi connectivity index (χ1n) is 3.87. The number of thiophene rings is 2. The zero-order chi connectivity index (χ0) is 10.7. The van der Waals surface area contributed by atoms with Crippen molar-refractivity contribution in [2.45, 2.75) is 0 Å². The molecule has 0 radical (unpaired) electrons. The van der Waals surface area contributed by atoms with Gasteiger partial charge in [-0.25, -0.2) is 0 Å². The fourth-order valence-corrected chi connectivity index (χ4v) is 8.37. The predicted molar refractivity (Wildman–Crippen MR) is 68.1 cm³/mol. The van der Waals surface area contributed by atoms with Crippen molar-refractivity contribution in [3.05, 3.63) is 50.9 Å². The molecule has 2 aromatic heterocycles. The molecule has 0 spiro atoms. The molecular formula is C8H6INO3S2. The molecule has 15 heavy (non-hydrogen) atoms. The van der Waals surface area contributed by atoms with Gasteiger partial charge in [0.1, 0.15) is 0 Å². The first-order chi connectivity index (χ1) is 7.27. The van der Waals surface area contributed by atoms with E-state index in [4.69, 9.17) is 3.17 Å². The van der Waals surface area contributed by atoms with E-state index in [1.807, 2.05) is 35.0 Å². The molecule has 0 fully saturated rings. The van der Waals surface area contributed by atoms with Crippen molar-refractivity contribution in [3.8, 4) is 0 Å². The minimum absolute atomic E-state index is 0.676. The third-order valence-corrected chi connectivity index (χ3v) is 9.52. The molecule has 7 heteroatoms. The van der Waals surface area contributed by atoms with Crippen LogP contribution in [0.4, 0.5) is 0 Å². The van der Waals surface area contributed by atoms with Crippen molar-refractivity contribution in [1.82, 2.24) is 0 Å². The van der Waals surface area contributed by atoms with Gasteiger partial charge in [0.2, 0.25) is 0 Å². The third-order valence-electron chi connectivity index (χ3n) is 1.44. The molecule has 0 saturated carbocycles. The summed E-state index contributed by atoms with van der Waals surface area (Å²) in [5, 5.41) is 13.6. The summed E-state index contributed by atoms with van der Waals surface area (Å²) in [5.41, 5.74) is 0. The van der Waals surface area contributed by atoms with Gasteiger partial charge in [-0.15, -0.1) is 0 Å². The van der Waals surface area contributed by atoms with Gasteiger partial charge in [-0.1, -0.05) is 0 Å². The Bertz CT molecular complexity index is 394. The van der Waals surface area contributed by atoms with Crippen molar-refractivity contribution in [2.24, 2.45) is 0 Å². The van der Waals surface area contributed by atoms with Crippen molar-refractivity contribution in [1.29, 1.82) is 0 Å². The second-order valence-corrected chi connectivity index (χ2v) is 9.87. The van der Waals surface area contributed by atoms with E-state index in [0.29, 0.717) is 0 Å². The summed E-state index contributed by atoms with van der Waals surface area (Å²) < 4.78 is 6.84. The molecule has 0 bridgehead atoms. The Morgan fingerprint density at radius 1 is 1.20 bits per heavy atom. The van der Waals surface area contributed by atoms with E-state index in [1.165, 1.54) is 22.7 Å². The Kier molecular flexibility index (Phi) is 3.54. The molecule has 2 aromatic rings. The van der Waals surface area contributed by atoms with Crippen LogP contribution in [0.2, 0.25) is 0 Å². The first-order valence-corrected chi connectivity index (χ1v) is 8.67. The SMILES string of the molecule is O=[N+]([O-])OI(c1cccs1)c1cccs1. The van der Waals surface area contributed by atoms with E-state index in [-0.39, 0.29) is 0 Å². The summed E-state index contributed by atoms with van der Waals surface area (Å²) in [4.78, 5) is 10.4. The van der Waals surface area contributed by atoms with Crippen molar-refractivity contribution in [3.63, 3.8) is 0 Å². The molecule has 0 atom stereocenters. The molecule has 0 amide bonds. The molecule has 0 saturated heterocycles. The zero-order valence-electron chi connectivity index (χ0n) is 7.33. The number of rotatable bonds is 4. The van der Waals surface area contributed by atoms with Crippen molar-refractivity contribution < 1.29 is 8.25 Å². The second kappa shape index (κ2) is 4.90. The van der Waals surface area contributed by atoms with Gasteiger partial charge in [-0.05, 0) is 0 Å². The Morgan fingerprint density at radius 2 is 1.73 bits per heavy atom. The molecule has 0 unspecified atom stereocenters. The molecule has 0 aliphatic rings. The number of nitrogens with zero attached hydrogens (tertiary/aromatic N) is 1. The van der Waals surface area contributed by atoms with Crippen LogP contribution < -0.4 is 0 Å². The van der Waals surface area contributed by atoms with E-state index < -0.39 is 25.3 Å². The fraction of sp³-hybridized carbons (Fsp3) is 0. The summed E-state index contributed by atoms with van der Waals surface area (Å²) in [6.45, 7) is 0. The summed E-state index contributed by atoms with van der Waals surface area (Å²) in [7, 11) is 0. The van der Waals surface area contributed by atoms with Gasteiger partial charge in [0.15, 0.2) is 0 Å². The Labute approximate surface area is 102 Å². The molecule has 80 valence electrons. The van der Waals surface area contributed by atoms with Crippen LogP contribution in [-0.4, -0.2) is 5.09 Å². The van der Waals surface area contributed by atoms with E-state index in [0.717, 1.165) is 5.77 Å². The zero-order valence-corrected chi connectivity index (χ0v) is 11.1. The standard InChI is InChI=1S/C8H6INO3S2/c11-10(12)13-9(7-3-1-5-14-7)8-4-2-6-15-8/h1-6H. The van der Waals surface area contributed by atoms with Gasteiger partial charge in [-0.3, -0.25) is 0 Å². The fourth-order valence-electron chi connectivity index (χ4n) is 0.928. The van der Waals surface area contributed by atoms with E-state index in [2.05, 4.69) is 0 Å². The maximum atomic E-state index is 10.4. The van der Waals surface area contributed by atoms with E-state index >= 15 is 0 Å². The summed E-state index contributed by atoms with van der Waals surface area (Å²) in [6, 6.07) is 7.58. The Hall–Kier alpha value is -0.670. The molecule has 0 aliphatic heterocycles. The Balaban J connectivity index is 2.29. The van der Waals surface area contributed by atoms with Crippen LogP contribution >= 0.6 is 42.9 Å². The normalized spacial score (nSPS) is 11.1. The molecule has 4 nitrogen and oxygen atoms in total. The number of hydrogen-bond donors (Lipinski definition) is 0. The molecule has 0 aromatic carbocycles. The van der Waals surface area contributed by atoms with Gasteiger partial charge in [0.05, 0.1) is 0 Å². The van der Waals surface area contributed by atoms with Gasteiger partial charge in [0, 0.05) is 0 Å². The van der Waals surface area contributed by atoms with Gasteiger partial charge >= 0.3 is 102 Å². The first kappa shape index (κ1) is 10.8. The van der Waals surface area contributed by atoms with Crippen LogP contribution in [0.1, 0.15) is 0 Å². The van der Waals surface area contributed by atoms with Crippen LogP contribution in [0.3, 0.4) is 0 Å². The van der Waals surface area contributed by atoms with Crippen molar-refractivity contribution in [2.75, 3.05) is 0 Å². The van der Waals surface area contributed by atoms with E-state index in [1.54, 1.807) is 0 Å². The van der Waals surface area contributed by atoms with Gasteiger partial charge < -0.3 is 0 Å². The summed E-state index contributed by atoms with van der Waals surface area (Å²) in [6.07, 6.45) is 0. The van der Waals surface area contributed by atoms with Crippen molar-refractivity contribution >= 4 is 42.9 Å². The van der Waals surface area contributed by atoms with Gasteiger partial charge in [0.25, 0.3) is 0 Å². The molecule has 0 aliphatic carbocycles. The number of halogens is 1. The average Bonchev–Trinajstić information content (AvgIpc) is 2.87. The van der Waals surface area contributed by atoms with Crippen LogP contribution in [0.25, 0.3) is 0 Å². The molecule has 2 heterocycles. The predicted octanol–water partition coefficient (Wildman–Crippen LogP) is 3.48.